The van der Waals surface area contributed by atoms with Gasteiger partial charge in [0.05, 0.1) is 0 Å². The molecule has 9 heavy (non-hydrogen) atoms. The maximum Gasteiger partial charge on any atom is 0.376 e. The standard InChI is InChI=1S/C3H6O2.Cl3Si/c1-2-3(4)5;1-4(2)3/h2H2,1H3,(H,4,5);. The highest BCUT2D eigenvalue weighted by molar-refractivity contribution is 7.54. The van der Waals surface area contributed by atoms with E-state index in [-0.39, 0.29) is 6.42 Å². The zero-order chi connectivity index (χ0) is 7.86. The number of hydrogen-bond donors (Lipinski definition) is 1. The van der Waals surface area contributed by atoms with E-state index in [1.807, 2.05) is 0 Å². The van der Waals surface area contributed by atoms with Gasteiger partial charge in [-0.15, -0.1) is 33.2 Å². The average Bonchev–Trinajstić information content (AvgIpc) is 1.65. The Bertz CT molecular complexity index is 74.7. The quantitative estimate of drug-likeness (QED) is 0.530. The second kappa shape index (κ2) is 8.56. The lowest BCUT2D eigenvalue weighted by Crippen LogP contribution is -1.86. The van der Waals surface area contributed by atoms with E-state index in [0.29, 0.717) is 0 Å². The van der Waals surface area contributed by atoms with Crippen molar-refractivity contribution in [1.82, 2.24) is 0 Å². The van der Waals surface area contributed by atoms with Gasteiger partial charge in [-0.25, -0.2) is 0 Å². The van der Waals surface area contributed by atoms with Gasteiger partial charge in [-0.3, -0.25) is 4.79 Å². The summed E-state index contributed by atoms with van der Waals surface area (Å²) >= 11 is 14.7. The molecule has 0 aromatic rings. The van der Waals surface area contributed by atoms with Crippen LogP contribution in [-0.2, 0) is 4.79 Å². The number of halogens is 3. The minimum absolute atomic E-state index is 0.222. The lowest BCUT2D eigenvalue weighted by Gasteiger charge is -1.71. The monoisotopic (exact) mass is 207 g/mol. The smallest absolute Gasteiger partial charge is 0.376 e. The van der Waals surface area contributed by atoms with Gasteiger partial charge < -0.3 is 5.11 Å². The number of rotatable bonds is 1. The van der Waals surface area contributed by atoms with Crippen LogP contribution in [0.2, 0.25) is 0 Å². The summed E-state index contributed by atoms with van der Waals surface area (Å²) in [4.78, 5) is 9.37. The Labute approximate surface area is 69.4 Å². The van der Waals surface area contributed by atoms with Crippen molar-refractivity contribution in [3.63, 3.8) is 0 Å². The van der Waals surface area contributed by atoms with Crippen LogP contribution in [-0.4, -0.2) is 17.8 Å². The molecule has 0 amide bonds. The fourth-order valence-electron chi connectivity index (χ4n) is 0. The Hall–Kier alpha value is 0.557. The number of carboxylic acids is 1. The Morgan fingerprint density at radius 2 is 1.67 bits per heavy atom. The van der Waals surface area contributed by atoms with Gasteiger partial charge in [0, 0.05) is 6.42 Å². The van der Waals surface area contributed by atoms with E-state index in [2.05, 4.69) is 0 Å². The van der Waals surface area contributed by atoms with Crippen molar-refractivity contribution >= 4 is 45.9 Å². The Morgan fingerprint density at radius 3 is 1.67 bits per heavy atom. The second-order valence-corrected chi connectivity index (χ2v) is 6.53. The molecule has 0 aliphatic rings. The molecule has 0 rings (SSSR count). The maximum absolute atomic E-state index is 9.37. The van der Waals surface area contributed by atoms with Crippen LogP contribution in [0.25, 0.3) is 0 Å². The molecular weight excluding hydrogens is 202 g/mol. The van der Waals surface area contributed by atoms with Crippen LogP contribution in [0.1, 0.15) is 13.3 Å². The fourth-order valence-corrected chi connectivity index (χ4v) is 0. The summed E-state index contributed by atoms with van der Waals surface area (Å²) in [7, 11) is 0. The van der Waals surface area contributed by atoms with E-state index >= 15 is 0 Å². The van der Waals surface area contributed by atoms with Crippen LogP contribution in [0, 0.1) is 0 Å². The van der Waals surface area contributed by atoms with Crippen molar-refractivity contribution < 1.29 is 9.90 Å². The summed E-state index contributed by atoms with van der Waals surface area (Å²) in [5.74, 6) is -0.745. The van der Waals surface area contributed by atoms with Crippen molar-refractivity contribution in [1.29, 1.82) is 0 Å². The van der Waals surface area contributed by atoms with E-state index in [1.165, 1.54) is 0 Å². The molecule has 0 fully saturated rings. The number of hydrogen-bond acceptors (Lipinski definition) is 1. The predicted molar refractivity (Wildman–Crippen MR) is 41.2 cm³/mol. The topological polar surface area (TPSA) is 37.3 Å². The van der Waals surface area contributed by atoms with Crippen molar-refractivity contribution in [2.75, 3.05) is 0 Å². The molecule has 0 aliphatic heterocycles. The molecular formula is C3H6Cl3O2Si. The van der Waals surface area contributed by atoms with Crippen LogP contribution in [0.4, 0.5) is 0 Å². The van der Waals surface area contributed by atoms with Gasteiger partial charge >= 0.3 is 12.7 Å². The molecule has 55 valence electrons. The third kappa shape index (κ3) is 56.3. The first-order valence-corrected chi connectivity index (χ1v) is 6.59. The first-order valence-electron chi connectivity index (χ1n) is 2.06. The van der Waals surface area contributed by atoms with Gasteiger partial charge in [-0.1, -0.05) is 6.92 Å². The molecule has 0 saturated carbocycles. The van der Waals surface area contributed by atoms with Crippen molar-refractivity contribution in [3.05, 3.63) is 0 Å². The molecule has 0 atom stereocenters. The van der Waals surface area contributed by atoms with Crippen LogP contribution in [0.15, 0.2) is 0 Å². The molecule has 0 unspecified atom stereocenters. The second-order valence-electron chi connectivity index (χ2n) is 0.962. The lowest BCUT2D eigenvalue weighted by atomic mass is 10.5. The van der Waals surface area contributed by atoms with E-state index in [9.17, 15) is 4.79 Å². The minimum atomic E-state index is -1.46. The first kappa shape index (κ1) is 12.3. The van der Waals surface area contributed by atoms with Gasteiger partial charge in [0.25, 0.3) is 0 Å². The summed E-state index contributed by atoms with van der Waals surface area (Å²) in [6, 6.07) is 0. The van der Waals surface area contributed by atoms with Gasteiger partial charge in [0.2, 0.25) is 0 Å². The third-order valence-electron chi connectivity index (χ3n) is 0.302. The largest absolute Gasteiger partial charge is 0.481 e. The van der Waals surface area contributed by atoms with Gasteiger partial charge in [0.1, 0.15) is 0 Å². The van der Waals surface area contributed by atoms with Crippen molar-refractivity contribution in [3.8, 4) is 0 Å². The summed E-state index contributed by atoms with van der Waals surface area (Å²) in [5.41, 5.74) is 0. The molecule has 2 nitrogen and oxygen atoms in total. The molecule has 0 aromatic heterocycles. The molecule has 0 heterocycles. The minimum Gasteiger partial charge on any atom is -0.481 e. The third-order valence-corrected chi connectivity index (χ3v) is 0.302. The van der Waals surface area contributed by atoms with Gasteiger partial charge in [-0.05, 0) is 0 Å². The summed E-state index contributed by atoms with van der Waals surface area (Å²) in [5, 5.41) is 7.72. The van der Waals surface area contributed by atoms with Gasteiger partial charge in [0.15, 0.2) is 0 Å². The van der Waals surface area contributed by atoms with Crippen LogP contribution >= 0.6 is 33.2 Å². The highest BCUT2D eigenvalue weighted by Gasteiger charge is 1.88. The average molecular weight is 209 g/mol. The number of carbonyl (C=O) groups is 1. The Balaban J connectivity index is 0. The molecule has 6 heteroatoms. The van der Waals surface area contributed by atoms with E-state index in [4.69, 9.17) is 38.3 Å². The Kier molecular flexibility index (Phi) is 11.7. The molecule has 0 spiro atoms. The zero-order valence-corrected chi connectivity index (χ0v) is 7.96. The van der Waals surface area contributed by atoms with Gasteiger partial charge in [-0.2, -0.15) is 0 Å². The van der Waals surface area contributed by atoms with Crippen LogP contribution < -0.4 is 0 Å². The Morgan fingerprint density at radius 1 is 1.56 bits per heavy atom. The van der Waals surface area contributed by atoms with Crippen molar-refractivity contribution in [2.45, 2.75) is 13.3 Å². The van der Waals surface area contributed by atoms with E-state index < -0.39 is 12.7 Å². The zero-order valence-electron chi connectivity index (χ0n) is 4.70. The summed E-state index contributed by atoms with van der Waals surface area (Å²) < 4.78 is 0. The SMILES string of the molecule is CCC(=O)O.Cl[Si](Cl)Cl. The molecule has 1 N–H and O–H groups in total. The maximum atomic E-state index is 9.37. The first-order chi connectivity index (χ1) is 4.00. The number of carboxylic acid groups (broad SMARTS) is 1. The van der Waals surface area contributed by atoms with Crippen LogP contribution in [0.3, 0.4) is 0 Å². The number of aliphatic carboxylic acids is 1. The fraction of sp³-hybridized carbons (Fsp3) is 0.667. The van der Waals surface area contributed by atoms with E-state index in [1.54, 1.807) is 6.92 Å². The molecule has 0 aromatic carbocycles. The molecule has 0 aliphatic carbocycles. The highest BCUT2D eigenvalue weighted by Crippen LogP contribution is 1.97. The summed E-state index contributed by atoms with van der Waals surface area (Å²) in [6.07, 6.45) is 0.222. The molecule has 1 radical (unpaired) electrons. The van der Waals surface area contributed by atoms with Crippen molar-refractivity contribution in [2.24, 2.45) is 0 Å². The van der Waals surface area contributed by atoms with E-state index in [0.717, 1.165) is 0 Å². The molecule has 0 bridgehead atoms. The lowest BCUT2D eigenvalue weighted by molar-refractivity contribution is -0.136. The summed E-state index contributed by atoms with van der Waals surface area (Å²) in [6.45, 7) is 0.137. The van der Waals surface area contributed by atoms with Crippen LogP contribution in [0.5, 0.6) is 0 Å². The highest BCUT2D eigenvalue weighted by atomic mass is 35.8. The normalized spacial score (nSPS) is 8.11. The predicted octanol–water partition coefficient (Wildman–Crippen LogP) is 2.17. The molecule has 0 saturated heterocycles.